The Kier molecular flexibility index (Phi) is 6.18. The topological polar surface area (TPSA) is 70.2 Å². The highest BCUT2D eigenvalue weighted by Crippen LogP contribution is 2.29. The Balaban J connectivity index is 1.66. The molecule has 0 atom stereocenters. The summed E-state index contributed by atoms with van der Waals surface area (Å²) in [5, 5.41) is 17.7. The summed E-state index contributed by atoms with van der Waals surface area (Å²) < 4.78 is 11.3. The van der Waals surface area contributed by atoms with Crippen LogP contribution in [-0.2, 0) is 17.6 Å². The summed E-state index contributed by atoms with van der Waals surface area (Å²) in [7, 11) is 0. The van der Waals surface area contributed by atoms with Gasteiger partial charge in [0.25, 0.3) is 0 Å². The maximum atomic E-state index is 9.38. The average molecular weight is 366 g/mol. The SMILES string of the molecule is CCc1oc2cc(Cl)ccc2c1CC(=NO)NCCN1CCOCC1. The maximum Gasteiger partial charge on any atom is 0.146 e. The summed E-state index contributed by atoms with van der Waals surface area (Å²) in [5.74, 6) is 1.44. The molecule has 1 aliphatic rings. The Morgan fingerprint density at radius 2 is 2.16 bits per heavy atom. The van der Waals surface area contributed by atoms with E-state index in [1.165, 1.54) is 0 Å². The number of halogens is 1. The predicted octanol–water partition coefficient (Wildman–Crippen LogP) is 2.90. The number of ether oxygens (including phenoxy) is 1. The van der Waals surface area contributed by atoms with E-state index in [2.05, 4.69) is 15.4 Å². The van der Waals surface area contributed by atoms with Crippen LogP contribution in [0.5, 0.6) is 0 Å². The van der Waals surface area contributed by atoms with Crippen LogP contribution in [0.3, 0.4) is 0 Å². The highest BCUT2D eigenvalue weighted by molar-refractivity contribution is 6.31. The van der Waals surface area contributed by atoms with E-state index in [1.54, 1.807) is 0 Å². The molecular formula is C18H24ClN3O3. The molecule has 7 heteroatoms. The van der Waals surface area contributed by atoms with Crippen LogP contribution in [0.2, 0.25) is 5.02 Å². The zero-order chi connectivity index (χ0) is 17.6. The van der Waals surface area contributed by atoms with Gasteiger partial charge in [0.05, 0.1) is 13.2 Å². The second-order valence-corrected chi connectivity index (χ2v) is 6.54. The number of oxime groups is 1. The number of benzene rings is 1. The standard InChI is InChI=1S/C18H24ClN3O3/c1-2-16-15(14-4-3-13(19)11-17(14)25-16)12-18(21-23)20-5-6-22-7-9-24-10-8-22/h3-4,11,23H,2,5-10,12H2,1H3,(H,20,21). The van der Waals surface area contributed by atoms with Gasteiger partial charge in [0.2, 0.25) is 0 Å². The van der Waals surface area contributed by atoms with Crippen molar-refractivity contribution in [2.75, 3.05) is 39.4 Å². The van der Waals surface area contributed by atoms with Gasteiger partial charge in [-0.15, -0.1) is 0 Å². The summed E-state index contributed by atoms with van der Waals surface area (Å²) in [6.07, 6.45) is 1.27. The number of nitrogens with zero attached hydrogens (tertiary/aromatic N) is 2. The van der Waals surface area contributed by atoms with Gasteiger partial charge in [0, 0.05) is 61.1 Å². The third kappa shape index (κ3) is 4.45. The minimum atomic E-state index is 0.497. The van der Waals surface area contributed by atoms with Crippen LogP contribution in [0.25, 0.3) is 11.0 Å². The molecule has 1 aromatic carbocycles. The van der Waals surface area contributed by atoms with Crippen LogP contribution in [0, 0.1) is 0 Å². The Morgan fingerprint density at radius 3 is 2.88 bits per heavy atom. The van der Waals surface area contributed by atoms with E-state index in [9.17, 15) is 5.21 Å². The van der Waals surface area contributed by atoms with Crippen LogP contribution in [0.15, 0.2) is 27.8 Å². The quantitative estimate of drug-likeness (QED) is 0.356. The number of hydrogen-bond donors (Lipinski definition) is 2. The van der Waals surface area contributed by atoms with E-state index in [1.807, 2.05) is 25.1 Å². The Hall–Kier alpha value is -1.76. The number of nitrogens with one attached hydrogen (secondary N) is 1. The van der Waals surface area contributed by atoms with Crippen LogP contribution in [0.1, 0.15) is 18.2 Å². The zero-order valence-electron chi connectivity index (χ0n) is 14.4. The molecule has 2 aromatic rings. The van der Waals surface area contributed by atoms with Crippen molar-refractivity contribution in [3.8, 4) is 0 Å². The molecule has 2 N–H and O–H groups in total. The van der Waals surface area contributed by atoms with Crippen molar-refractivity contribution in [1.82, 2.24) is 10.2 Å². The number of hydrogen-bond acceptors (Lipinski definition) is 5. The monoisotopic (exact) mass is 365 g/mol. The van der Waals surface area contributed by atoms with Crippen molar-refractivity contribution in [3.63, 3.8) is 0 Å². The van der Waals surface area contributed by atoms with Crippen molar-refractivity contribution in [2.45, 2.75) is 19.8 Å². The molecule has 1 aromatic heterocycles. The molecule has 0 bridgehead atoms. The van der Waals surface area contributed by atoms with Gasteiger partial charge in [-0.1, -0.05) is 23.7 Å². The summed E-state index contributed by atoms with van der Waals surface area (Å²) >= 11 is 6.05. The van der Waals surface area contributed by atoms with E-state index < -0.39 is 0 Å². The first-order chi connectivity index (χ1) is 12.2. The van der Waals surface area contributed by atoms with Gasteiger partial charge < -0.3 is 19.7 Å². The van der Waals surface area contributed by atoms with Gasteiger partial charge in [-0.05, 0) is 12.1 Å². The Bertz CT molecular complexity index is 738. The van der Waals surface area contributed by atoms with Crippen LogP contribution >= 0.6 is 11.6 Å². The number of fused-ring (bicyclic) bond motifs is 1. The number of furan rings is 1. The molecule has 1 aliphatic heterocycles. The molecule has 0 saturated carbocycles. The van der Waals surface area contributed by atoms with Gasteiger partial charge in [0.15, 0.2) is 0 Å². The lowest BCUT2D eigenvalue weighted by Crippen LogP contribution is -2.41. The molecule has 1 saturated heterocycles. The van der Waals surface area contributed by atoms with Crippen molar-refractivity contribution in [3.05, 3.63) is 34.5 Å². The van der Waals surface area contributed by atoms with E-state index in [-0.39, 0.29) is 0 Å². The molecule has 0 unspecified atom stereocenters. The highest BCUT2D eigenvalue weighted by Gasteiger charge is 2.16. The fourth-order valence-electron chi connectivity index (χ4n) is 3.14. The van der Waals surface area contributed by atoms with E-state index in [0.717, 1.165) is 68.1 Å². The van der Waals surface area contributed by atoms with E-state index in [4.69, 9.17) is 20.8 Å². The largest absolute Gasteiger partial charge is 0.461 e. The van der Waals surface area contributed by atoms with Crippen molar-refractivity contribution < 1.29 is 14.4 Å². The van der Waals surface area contributed by atoms with E-state index >= 15 is 0 Å². The fourth-order valence-corrected chi connectivity index (χ4v) is 3.30. The second-order valence-electron chi connectivity index (χ2n) is 6.10. The fraction of sp³-hybridized carbons (Fsp3) is 0.500. The predicted molar refractivity (Wildman–Crippen MR) is 98.8 cm³/mol. The molecule has 0 amide bonds. The summed E-state index contributed by atoms with van der Waals surface area (Å²) in [6.45, 7) is 7.12. The third-order valence-electron chi connectivity index (χ3n) is 4.49. The van der Waals surface area contributed by atoms with Gasteiger partial charge in [0.1, 0.15) is 17.2 Å². The minimum Gasteiger partial charge on any atom is -0.461 e. The van der Waals surface area contributed by atoms with Crippen molar-refractivity contribution >= 4 is 28.4 Å². The normalized spacial score (nSPS) is 16.5. The average Bonchev–Trinajstić information content (AvgIpc) is 2.98. The lowest BCUT2D eigenvalue weighted by atomic mass is 10.1. The van der Waals surface area contributed by atoms with Crippen molar-refractivity contribution in [1.29, 1.82) is 0 Å². The number of morpholine rings is 1. The molecule has 3 rings (SSSR count). The van der Waals surface area contributed by atoms with Crippen molar-refractivity contribution in [2.24, 2.45) is 5.16 Å². The Labute approximate surface area is 152 Å². The lowest BCUT2D eigenvalue weighted by molar-refractivity contribution is 0.0389. The molecular weight excluding hydrogens is 342 g/mol. The Morgan fingerprint density at radius 1 is 1.36 bits per heavy atom. The number of rotatable bonds is 6. The summed E-state index contributed by atoms with van der Waals surface area (Å²) in [6, 6.07) is 5.63. The smallest absolute Gasteiger partial charge is 0.146 e. The summed E-state index contributed by atoms with van der Waals surface area (Å²) in [4.78, 5) is 2.33. The molecule has 6 nitrogen and oxygen atoms in total. The summed E-state index contributed by atoms with van der Waals surface area (Å²) in [5.41, 5.74) is 1.81. The zero-order valence-corrected chi connectivity index (χ0v) is 15.2. The van der Waals surface area contributed by atoms with Gasteiger partial charge >= 0.3 is 0 Å². The lowest BCUT2D eigenvalue weighted by Gasteiger charge is -2.26. The molecule has 0 aliphatic carbocycles. The maximum absolute atomic E-state index is 9.38. The minimum absolute atomic E-state index is 0.497. The number of aryl methyl sites for hydroxylation is 1. The first-order valence-electron chi connectivity index (χ1n) is 8.66. The van der Waals surface area contributed by atoms with E-state index in [0.29, 0.717) is 17.3 Å². The molecule has 2 heterocycles. The molecule has 25 heavy (non-hydrogen) atoms. The third-order valence-corrected chi connectivity index (χ3v) is 4.72. The van der Waals surface area contributed by atoms with Gasteiger partial charge in [-0.2, -0.15) is 0 Å². The van der Waals surface area contributed by atoms with Crippen LogP contribution < -0.4 is 5.32 Å². The molecule has 1 fully saturated rings. The number of amidine groups is 1. The highest BCUT2D eigenvalue weighted by atomic mass is 35.5. The van der Waals surface area contributed by atoms with Crippen LogP contribution in [-0.4, -0.2) is 55.3 Å². The molecule has 0 spiro atoms. The van der Waals surface area contributed by atoms with Gasteiger partial charge in [-0.3, -0.25) is 4.90 Å². The first-order valence-corrected chi connectivity index (χ1v) is 9.03. The van der Waals surface area contributed by atoms with Gasteiger partial charge in [-0.25, -0.2) is 0 Å². The molecule has 136 valence electrons. The second kappa shape index (κ2) is 8.56. The molecule has 0 radical (unpaired) electrons. The first kappa shape index (κ1) is 18.0. The van der Waals surface area contributed by atoms with Crippen LogP contribution in [0.4, 0.5) is 0 Å².